The van der Waals surface area contributed by atoms with Gasteiger partial charge in [-0.25, -0.2) is 17.8 Å². The summed E-state index contributed by atoms with van der Waals surface area (Å²) in [6.07, 6.45) is 14.2. The Balaban J connectivity index is 1.45. The number of aromatic nitrogens is 2. The van der Waals surface area contributed by atoms with Gasteiger partial charge in [-0.15, -0.1) is 0 Å². The van der Waals surface area contributed by atoms with Crippen LogP contribution in [0.25, 0.3) is 0 Å². The number of nitrogens with one attached hydrogen (secondary N) is 1. The summed E-state index contributed by atoms with van der Waals surface area (Å²) in [6.45, 7) is 1.95. The molecule has 1 N–H and O–H groups in total. The Morgan fingerprint density at radius 2 is 1.89 bits per heavy atom. The number of nitrogens with zero attached hydrogens (tertiary/aromatic N) is 3. The van der Waals surface area contributed by atoms with E-state index in [-0.39, 0.29) is 23.9 Å². The number of carbonyl (C=O) groups is 1. The van der Waals surface area contributed by atoms with E-state index >= 15 is 0 Å². The third-order valence-corrected chi connectivity index (χ3v) is 8.09. The molecule has 1 aliphatic heterocycles. The molecular weight excluding hydrogens is 471 g/mol. The molecule has 1 aliphatic carbocycles. The average Bonchev–Trinajstić information content (AvgIpc) is 3.38. The smallest absolute Gasteiger partial charge is 0.258 e. The molecule has 2 heterocycles. The highest BCUT2D eigenvalue weighted by atomic mass is 32.2. The number of imidazole rings is 1. The molecule has 0 bridgehead atoms. The van der Waals surface area contributed by atoms with Crippen molar-refractivity contribution in [2.45, 2.75) is 64.0 Å². The zero-order chi connectivity index (χ0) is 24.7. The van der Waals surface area contributed by atoms with Gasteiger partial charge in [0.15, 0.2) is 0 Å². The summed E-state index contributed by atoms with van der Waals surface area (Å²) in [5.74, 6) is 0.217. The molecule has 0 unspecified atom stereocenters. The van der Waals surface area contributed by atoms with Gasteiger partial charge in [0.25, 0.3) is 11.0 Å². The molecule has 2 aromatic rings. The molecule has 1 saturated heterocycles. The molecule has 4 rings (SSSR count). The van der Waals surface area contributed by atoms with Crippen molar-refractivity contribution in [3.8, 4) is 0 Å². The highest BCUT2D eigenvalue weighted by Crippen LogP contribution is 2.47. The van der Waals surface area contributed by atoms with Crippen molar-refractivity contribution >= 4 is 16.9 Å². The second-order valence-corrected chi connectivity index (χ2v) is 10.5. The number of rotatable bonds is 10. The lowest BCUT2D eigenvalue weighted by Crippen LogP contribution is -2.54. The van der Waals surface area contributed by atoms with Crippen LogP contribution in [0.4, 0.5) is 4.39 Å². The van der Waals surface area contributed by atoms with Gasteiger partial charge in [-0.2, -0.15) is 0 Å². The lowest BCUT2D eigenvalue weighted by atomic mass is 9.63. The summed E-state index contributed by atoms with van der Waals surface area (Å²) < 4.78 is 41.8. The van der Waals surface area contributed by atoms with Crippen LogP contribution < -0.4 is 5.32 Å². The van der Waals surface area contributed by atoms with Crippen molar-refractivity contribution in [1.29, 1.82) is 0 Å². The van der Waals surface area contributed by atoms with Gasteiger partial charge in [0.05, 0.1) is 12.4 Å². The molecule has 0 radical (unpaired) electrons. The number of likely N-dealkylation sites (tertiary alicyclic amines) is 1. The maximum absolute atomic E-state index is 13.5. The minimum absolute atomic E-state index is 0.0843. The fourth-order valence-electron chi connectivity index (χ4n) is 5.84. The first kappa shape index (κ1) is 25.8. The minimum atomic E-state index is -3.01. The van der Waals surface area contributed by atoms with Crippen LogP contribution in [0, 0.1) is 17.2 Å². The predicted molar refractivity (Wildman–Crippen MR) is 130 cm³/mol. The van der Waals surface area contributed by atoms with Crippen LogP contribution in [-0.2, 0) is 32.9 Å². The Labute approximate surface area is 208 Å². The van der Waals surface area contributed by atoms with E-state index in [1.807, 2.05) is 23.6 Å². The summed E-state index contributed by atoms with van der Waals surface area (Å²) in [5.41, 5.74) is 0.930. The molecule has 0 spiro atoms. The SMILES string of the molecule is O=C([C@@H](Cc1ccc(F)cc1)NCO[SH](=O)=O)N1CCC(Cn2ccnc2)(C2CCCCC2)CC1. The molecule has 2 aliphatic rings. The van der Waals surface area contributed by atoms with Gasteiger partial charge < -0.3 is 9.47 Å². The Bertz CT molecular complexity index is 1010. The monoisotopic (exact) mass is 506 g/mol. The van der Waals surface area contributed by atoms with Gasteiger partial charge in [0, 0.05) is 32.0 Å². The predicted octanol–water partition coefficient (Wildman–Crippen LogP) is 2.91. The number of piperidine rings is 1. The fraction of sp³-hybridized carbons (Fsp3) is 0.600. The highest BCUT2D eigenvalue weighted by molar-refractivity contribution is 7.67. The van der Waals surface area contributed by atoms with Crippen molar-refractivity contribution in [3.63, 3.8) is 0 Å². The van der Waals surface area contributed by atoms with E-state index in [0.717, 1.165) is 24.9 Å². The first-order chi connectivity index (χ1) is 16.9. The van der Waals surface area contributed by atoms with Crippen molar-refractivity contribution < 1.29 is 21.8 Å². The minimum Gasteiger partial charge on any atom is -0.341 e. The molecule has 1 saturated carbocycles. The largest absolute Gasteiger partial charge is 0.341 e. The van der Waals surface area contributed by atoms with Crippen LogP contribution in [-0.4, -0.2) is 54.6 Å². The Kier molecular flexibility index (Phi) is 8.91. The van der Waals surface area contributed by atoms with Crippen LogP contribution in [0.3, 0.4) is 0 Å². The fourth-order valence-corrected chi connectivity index (χ4v) is 6.02. The number of thiol groups is 1. The molecule has 1 amide bonds. The van der Waals surface area contributed by atoms with Gasteiger partial charge >= 0.3 is 0 Å². The van der Waals surface area contributed by atoms with E-state index in [0.29, 0.717) is 25.4 Å². The number of hydrogen-bond acceptors (Lipinski definition) is 6. The van der Waals surface area contributed by atoms with Gasteiger partial charge in [0.2, 0.25) is 5.91 Å². The van der Waals surface area contributed by atoms with E-state index in [4.69, 9.17) is 0 Å². The van der Waals surface area contributed by atoms with Crippen LogP contribution >= 0.6 is 0 Å². The van der Waals surface area contributed by atoms with Crippen LogP contribution in [0.2, 0.25) is 0 Å². The van der Waals surface area contributed by atoms with Crippen molar-refractivity contribution in [3.05, 3.63) is 54.4 Å². The number of hydrogen-bond donors (Lipinski definition) is 2. The molecule has 10 heteroatoms. The van der Waals surface area contributed by atoms with Gasteiger partial charge in [0.1, 0.15) is 12.5 Å². The molecule has 2 fully saturated rings. The number of amides is 1. The Morgan fingerprint density at radius 3 is 2.51 bits per heavy atom. The summed E-state index contributed by atoms with van der Waals surface area (Å²) in [6, 6.07) is 5.34. The van der Waals surface area contributed by atoms with Crippen molar-refractivity contribution in [2.75, 3.05) is 19.8 Å². The van der Waals surface area contributed by atoms with E-state index < -0.39 is 17.0 Å². The normalized spacial score (nSPS) is 19.7. The second kappa shape index (κ2) is 12.1. The molecule has 192 valence electrons. The van der Waals surface area contributed by atoms with E-state index in [1.165, 1.54) is 44.2 Å². The summed E-state index contributed by atoms with van der Waals surface area (Å²) >= 11 is 0. The quantitative estimate of drug-likeness (QED) is 0.380. The lowest BCUT2D eigenvalue weighted by Gasteiger charge is -2.48. The maximum Gasteiger partial charge on any atom is 0.258 e. The first-order valence-electron chi connectivity index (χ1n) is 12.4. The molecule has 35 heavy (non-hydrogen) atoms. The summed E-state index contributed by atoms with van der Waals surface area (Å²) in [4.78, 5) is 19.6. The lowest BCUT2D eigenvalue weighted by molar-refractivity contribution is -0.137. The second-order valence-electron chi connectivity index (χ2n) is 9.84. The zero-order valence-corrected chi connectivity index (χ0v) is 20.9. The maximum atomic E-state index is 13.5. The van der Waals surface area contributed by atoms with Gasteiger partial charge in [-0.05, 0) is 61.1 Å². The average molecular weight is 507 g/mol. The van der Waals surface area contributed by atoms with Crippen LogP contribution in [0.5, 0.6) is 0 Å². The van der Waals surface area contributed by atoms with Crippen LogP contribution in [0.15, 0.2) is 43.0 Å². The van der Waals surface area contributed by atoms with Crippen molar-refractivity contribution in [1.82, 2.24) is 19.8 Å². The van der Waals surface area contributed by atoms with Gasteiger partial charge in [-0.1, -0.05) is 31.4 Å². The third-order valence-electron chi connectivity index (χ3n) is 7.75. The van der Waals surface area contributed by atoms with E-state index in [2.05, 4.69) is 19.1 Å². The van der Waals surface area contributed by atoms with Crippen molar-refractivity contribution in [2.24, 2.45) is 11.3 Å². The zero-order valence-electron chi connectivity index (χ0n) is 20.0. The third kappa shape index (κ3) is 6.89. The molecule has 8 nitrogen and oxygen atoms in total. The summed E-state index contributed by atoms with van der Waals surface area (Å²) in [5, 5.41) is 2.93. The number of halogens is 1. The Morgan fingerprint density at radius 1 is 1.17 bits per heavy atom. The number of carbonyl (C=O) groups excluding carboxylic acids is 1. The molecule has 1 aromatic carbocycles. The molecule has 1 aromatic heterocycles. The van der Waals surface area contributed by atoms with E-state index in [9.17, 15) is 17.6 Å². The molecular formula is C25H35FN4O4S. The van der Waals surface area contributed by atoms with E-state index in [1.54, 1.807) is 12.1 Å². The topological polar surface area (TPSA) is 93.5 Å². The first-order valence-corrected chi connectivity index (χ1v) is 13.5. The highest BCUT2D eigenvalue weighted by Gasteiger charge is 2.43. The molecule has 1 atom stereocenters. The number of benzene rings is 1. The van der Waals surface area contributed by atoms with Gasteiger partial charge in [-0.3, -0.25) is 14.3 Å². The summed E-state index contributed by atoms with van der Waals surface area (Å²) in [7, 11) is -3.01. The van der Waals surface area contributed by atoms with Crippen LogP contribution in [0.1, 0.15) is 50.5 Å². The Hall–Kier alpha value is -2.30. The standard InChI is InChI=1S/C25H35FN4O4S/c26-22-8-6-20(7-9-22)16-23(28-19-34-35(32)33)24(31)30-13-10-25(11-14-30,17-29-15-12-27-18-29)21-4-2-1-3-5-21/h6-9,12,15,18,21,23,28,35H,1-5,10-11,13-14,16-17,19H2/t23-/m1/s1.